The fraction of sp³-hybridized carbons (Fsp3) is 0.682. The van der Waals surface area contributed by atoms with E-state index in [1.807, 2.05) is 6.07 Å². The van der Waals surface area contributed by atoms with Crippen LogP contribution in [0.4, 0.5) is 0 Å². The van der Waals surface area contributed by atoms with Gasteiger partial charge in [-0.25, -0.2) is 0 Å². The number of likely N-dealkylation sites (tertiary alicyclic amines) is 1. The van der Waals surface area contributed by atoms with Gasteiger partial charge >= 0.3 is 0 Å². The van der Waals surface area contributed by atoms with Crippen molar-refractivity contribution in [3.05, 3.63) is 29.3 Å². The minimum atomic E-state index is -0.206. The molecule has 3 N–H and O–H groups in total. The van der Waals surface area contributed by atoms with Crippen LogP contribution in [0.2, 0.25) is 0 Å². The van der Waals surface area contributed by atoms with Gasteiger partial charge < -0.3 is 20.6 Å². The number of nitrogens with one attached hydrogen (secondary N) is 2. The first-order valence-corrected chi connectivity index (χ1v) is 10.4. The normalized spacial score (nSPS) is 27.2. The summed E-state index contributed by atoms with van der Waals surface area (Å²) in [5.41, 5.74) is 2.22. The molecule has 0 aromatic heterocycles. The van der Waals surface area contributed by atoms with Crippen molar-refractivity contribution in [1.82, 2.24) is 15.5 Å². The Morgan fingerprint density at radius 1 is 1.26 bits per heavy atom. The number of nitrogens with zero attached hydrogens (tertiary/aromatic N) is 1. The Bertz CT molecular complexity index is 651. The summed E-state index contributed by atoms with van der Waals surface area (Å²) in [4.78, 5) is 15.4. The Morgan fingerprint density at radius 2 is 1.96 bits per heavy atom. The van der Waals surface area contributed by atoms with Crippen LogP contribution in [-0.2, 0) is 17.8 Å². The Hall–Kier alpha value is -1.59. The van der Waals surface area contributed by atoms with E-state index in [4.69, 9.17) is 0 Å². The maximum absolute atomic E-state index is 12.9. The molecule has 1 aromatic rings. The van der Waals surface area contributed by atoms with Crippen molar-refractivity contribution >= 4 is 5.91 Å². The molecule has 5 nitrogen and oxygen atoms in total. The predicted octanol–water partition coefficient (Wildman–Crippen LogP) is 2.53. The number of carbonyl (C=O) groups excluding carboxylic acids is 1. The highest BCUT2D eigenvalue weighted by Crippen LogP contribution is 2.23. The molecule has 1 fully saturated rings. The number of piperidine rings is 1. The maximum atomic E-state index is 12.9. The van der Waals surface area contributed by atoms with Gasteiger partial charge in [-0.1, -0.05) is 33.8 Å². The minimum absolute atomic E-state index is 0.0885. The van der Waals surface area contributed by atoms with Crippen molar-refractivity contribution in [2.75, 3.05) is 19.6 Å². The zero-order valence-electron chi connectivity index (χ0n) is 17.2. The lowest BCUT2D eigenvalue weighted by Gasteiger charge is -2.38. The summed E-state index contributed by atoms with van der Waals surface area (Å²) in [6.45, 7) is 12.8. The molecule has 2 aliphatic heterocycles. The summed E-state index contributed by atoms with van der Waals surface area (Å²) in [6.07, 6.45) is 1.97. The number of hydrogen-bond acceptors (Lipinski definition) is 4. The molecule has 150 valence electrons. The highest BCUT2D eigenvalue weighted by atomic mass is 16.3. The number of phenolic OH excluding ortho intramolecular Hbond substituents is 1. The van der Waals surface area contributed by atoms with Gasteiger partial charge in [0.15, 0.2) is 0 Å². The lowest BCUT2D eigenvalue weighted by Crippen LogP contribution is -2.55. The Labute approximate surface area is 163 Å². The van der Waals surface area contributed by atoms with Crippen LogP contribution >= 0.6 is 0 Å². The number of aromatic hydroxyl groups is 1. The molecule has 3 rings (SSSR count). The van der Waals surface area contributed by atoms with E-state index < -0.39 is 0 Å². The van der Waals surface area contributed by atoms with Gasteiger partial charge in [-0.05, 0) is 53.9 Å². The van der Waals surface area contributed by atoms with Crippen molar-refractivity contribution in [2.45, 2.75) is 59.2 Å². The second-order valence-electron chi connectivity index (χ2n) is 9.11. The first kappa shape index (κ1) is 20.2. The van der Waals surface area contributed by atoms with Gasteiger partial charge in [0.05, 0.1) is 6.04 Å². The van der Waals surface area contributed by atoms with E-state index in [0.29, 0.717) is 18.9 Å². The fourth-order valence-corrected chi connectivity index (χ4v) is 4.61. The molecule has 0 spiro atoms. The van der Waals surface area contributed by atoms with Crippen LogP contribution in [0.5, 0.6) is 5.75 Å². The Morgan fingerprint density at radius 3 is 2.63 bits per heavy atom. The van der Waals surface area contributed by atoms with E-state index in [1.54, 1.807) is 12.1 Å². The zero-order valence-corrected chi connectivity index (χ0v) is 17.2. The second kappa shape index (κ2) is 8.61. The highest BCUT2D eigenvalue weighted by molar-refractivity contribution is 5.82. The van der Waals surface area contributed by atoms with Gasteiger partial charge in [0.1, 0.15) is 5.75 Å². The van der Waals surface area contributed by atoms with Gasteiger partial charge in [0, 0.05) is 32.2 Å². The molecule has 27 heavy (non-hydrogen) atoms. The number of carbonyl (C=O) groups is 1. The monoisotopic (exact) mass is 373 g/mol. The minimum Gasteiger partial charge on any atom is -0.508 e. The summed E-state index contributed by atoms with van der Waals surface area (Å²) in [6, 6.07) is 5.38. The molecule has 2 heterocycles. The number of fused-ring (bicyclic) bond motifs is 1. The van der Waals surface area contributed by atoms with Crippen LogP contribution in [0.15, 0.2) is 18.2 Å². The summed E-state index contributed by atoms with van der Waals surface area (Å²) in [7, 11) is 0. The molecule has 5 heteroatoms. The largest absolute Gasteiger partial charge is 0.508 e. The van der Waals surface area contributed by atoms with Gasteiger partial charge in [0.2, 0.25) is 5.91 Å². The highest BCUT2D eigenvalue weighted by Gasteiger charge is 2.29. The second-order valence-corrected chi connectivity index (χ2v) is 9.11. The molecule has 0 bridgehead atoms. The van der Waals surface area contributed by atoms with Crippen molar-refractivity contribution in [3.63, 3.8) is 0 Å². The number of amides is 1. The quantitative estimate of drug-likeness (QED) is 0.742. The molecule has 0 radical (unpaired) electrons. The lowest BCUT2D eigenvalue weighted by atomic mass is 9.90. The van der Waals surface area contributed by atoms with Gasteiger partial charge in [-0.2, -0.15) is 0 Å². The Balaban J connectivity index is 1.59. The van der Waals surface area contributed by atoms with E-state index in [1.165, 1.54) is 6.42 Å². The van der Waals surface area contributed by atoms with Crippen LogP contribution in [-0.4, -0.2) is 47.6 Å². The van der Waals surface area contributed by atoms with Crippen LogP contribution in [0.25, 0.3) is 0 Å². The zero-order chi connectivity index (χ0) is 19.6. The first-order valence-electron chi connectivity index (χ1n) is 10.4. The molecular formula is C22H35N3O2. The third-order valence-corrected chi connectivity index (χ3v) is 6.00. The molecular weight excluding hydrogens is 338 g/mol. The molecule has 0 saturated carbocycles. The number of hydrogen-bond donors (Lipinski definition) is 3. The van der Waals surface area contributed by atoms with Gasteiger partial charge in [-0.3, -0.25) is 4.79 Å². The fourth-order valence-electron chi connectivity index (χ4n) is 4.61. The maximum Gasteiger partial charge on any atom is 0.237 e. The van der Waals surface area contributed by atoms with E-state index in [0.717, 1.165) is 42.6 Å². The molecule has 4 atom stereocenters. The summed E-state index contributed by atoms with van der Waals surface area (Å²) < 4.78 is 0. The molecule has 2 unspecified atom stereocenters. The van der Waals surface area contributed by atoms with Crippen LogP contribution in [0, 0.1) is 17.8 Å². The predicted molar refractivity (Wildman–Crippen MR) is 109 cm³/mol. The van der Waals surface area contributed by atoms with Crippen molar-refractivity contribution < 1.29 is 9.90 Å². The summed E-state index contributed by atoms with van der Waals surface area (Å²) >= 11 is 0. The van der Waals surface area contributed by atoms with Crippen molar-refractivity contribution in [1.29, 1.82) is 0 Å². The number of benzene rings is 1. The number of rotatable bonds is 5. The van der Waals surface area contributed by atoms with Crippen molar-refractivity contribution in [2.24, 2.45) is 17.8 Å². The molecule has 1 aromatic carbocycles. The standard InChI is InChI=1S/C22H35N3O2/c1-14(2)21(13-25-11-15(3)7-16(4)12-25)24-22(27)20-9-17-5-6-19(26)8-18(17)10-23-20/h5-6,8,14-16,20-21,23,26H,7,9-13H2,1-4H3,(H,24,27)/t15?,16?,20-,21-/m1/s1. The number of phenols is 1. The third-order valence-electron chi connectivity index (χ3n) is 6.00. The van der Waals surface area contributed by atoms with E-state index in [9.17, 15) is 9.90 Å². The molecule has 0 aliphatic carbocycles. The first-order chi connectivity index (χ1) is 12.8. The molecule has 1 amide bonds. The molecule has 2 aliphatic rings. The average molecular weight is 374 g/mol. The smallest absolute Gasteiger partial charge is 0.237 e. The van der Waals surface area contributed by atoms with Gasteiger partial charge in [0.25, 0.3) is 0 Å². The van der Waals surface area contributed by atoms with Crippen LogP contribution < -0.4 is 10.6 Å². The van der Waals surface area contributed by atoms with E-state index in [-0.39, 0.29) is 23.7 Å². The Kier molecular flexibility index (Phi) is 6.43. The lowest BCUT2D eigenvalue weighted by molar-refractivity contribution is -0.124. The summed E-state index contributed by atoms with van der Waals surface area (Å²) in [5, 5.41) is 16.3. The van der Waals surface area contributed by atoms with Crippen LogP contribution in [0.1, 0.15) is 45.2 Å². The van der Waals surface area contributed by atoms with Crippen LogP contribution in [0.3, 0.4) is 0 Å². The average Bonchev–Trinajstić information content (AvgIpc) is 2.59. The molecule has 1 saturated heterocycles. The SMILES string of the molecule is CC1CC(C)CN(C[C@@H](NC(=O)[C@H]2Cc3ccc(O)cc3CN2)C(C)C)C1. The van der Waals surface area contributed by atoms with E-state index in [2.05, 4.69) is 43.2 Å². The summed E-state index contributed by atoms with van der Waals surface area (Å²) in [5.74, 6) is 2.22. The van der Waals surface area contributed by atoms with Crippen molar-refractivity contribution in [3.8, 4) is 5.75 Å². The van der Waals surface area contributed by atoms with Gasteiger partial charge in [-0.15, -0.1) is 0 Å². The van der Waals surface area contributed by atoms with E-state index >= 15 is 0 Å². The third kappa shape index (κ3) is 5.23. The topological polar surface area (TPSA) is 64.6 Å².